The third kappa shape index (κ3) is 4.26. The van der Waals surface area contributed by atoms with Gasteiger partial charge in [0.15, 0.2) is 9.84 Å². The van der Waals surface area contributed by atoms with Crippen LogP contribution in [0.5, 0.6) is 0 Å². The molecule has 0 aromatic heterocycles. The first-order valence-electron chi connectivity index (χ1n) is 4.67. The zero-order valence-corrected chi connectivity index (χ0v) is 10.1. The maximum absolute atomic E-state index is 12.1. The Morgan fingerprint density at radius 1 is 1.18 bits per heavy atom. The summed E-state index contributed by atoms with van der Waals surface area (Å²) in [6.07, 6.45) is -3.24. The lowest BCUT2D eigenvalue weighted by Crippen LogP contribution is -2.30. The van der Waals surface area contributed by atoms with Crippen molar-refractivity contribution < 1.29 is 21.6 Å². The van der Waals surface area contributed by atoms with E-state index in [0.717, 1.165) is 11.2 Å². The highest BCUT2D eigenvalue weighted by Crippen LogP contribution is 2.22. The van der Waals surface area contributed by atoms with E-state index in [1.807, 2.05) is 0 Å². The van der Waals surface area contributed by atoms with Gasteiger partial charge in [0.05, 0.1) is 4.90 Å². The van der Waals surface area contributed by atoms with Crippen LogP contribution >= 0.6 is 0 Å². The van der Waals surface area contributed by atoms with Crippen molar-refractivity contribution in [2.45, 2.75) is 11.1 Å². The summed E-state index contributed by atoms with van der Waals surface area (Å²) in [5.41, 5.74) is 0.315. The number of nitrogens with zero attached hydrogens (tertiary/aromatic N) is 1. The number of halogens is 3. The fourth-order valence-corrected chi connectivity index (χ4v) is 1.94. The van der Waals surface area contributed by atoms with Crippen LogP contribution in [0.15, 0.2) is 29.2 Å². The molecule has 0 aliphatic heterocycles. The molecule has 0 saturated heterocycles. The van der Waals surface area contributed by atoms with Gasteiger partial charge >= 0.3 is 6.18 Å². The fraction of sp³-hybridized carbons (Fsp3) is 0.400. The van der Waals surface area contributed by atoms with Crippen LogP contribution in [0.1, 0.15) is 0 Å². The predicted molar refractivity (Wildman–Crippen MR) is 58.9 cm³/mol. The topological polar surface area (TPSA) is 37.4 Å². The molecule has 0 radical (unpaired) electrons. The van der Waals surface area contributed by atoms with Crippen molar-refractivity contribution in [1.82, 2.24) is 0 Å². The predicted octanol–water partition coefficient (Wildman–Crippen LogP) is 2.09. The van der Waals surface area contributed by atoms with Gasteiger partial charge in [-0.05, 0) is 24.3 Å². The van der Waals surface area contributed by atoms with E-state index >= 15 is 0 Å². The number of sulfone groups is 1. The van der Waals surface area contributed by atoms with Gasteiger partial charge in [0.2, 0.25) is 0 Å². The molecule has 1 rings (SSSR count). The average molecular weight is 267 g/mol. The van der Waals surface area contributed by atoms with Crippen molar-refractivity contribution in [3.8, 4) is 0 Å². The van der Waals surface area contributed by atoms with Crippen LogP contribution in [-0.4, -0.2) is 34.4 Å². The number of hydrogen-bond acceptors (Lipinski definition) is 3. The first-order valence-corrected chi connectivity index (χ1v) is 6.57. The number of rotatable bonds is 3. The van der Waals surface area contributed by atoms with Crippen LogP contribution in [0.25, 0.3) is 0 Å². The van der Waals surface area contributed by atoms with Crippen molar-refractivity contribution >= 4 is 15.5 Å². The van der Waals surface area contributed by atoms with Crippen molar-refractivity contribution in [3.05, 3.63) is 24.3 Å². The second-order valence-corrected chi connectivity index (χ2v) is 5.75. The monoisotopic (exact) mass is 267 g/mol. The lowest BCUT2D eigenvalue weighted by atomic mass is 10.3. The van der Waals surface area contributed by atoms with Crippen LogP contribution in [0.3, 0.4) is 0 Å². The lowest BCUT2D eigenvalue weighted by molar-refractivity contribution is -0.119. The Hall–Kier alpha value is -1.24. The zero-order valence-electron chi connectivity index (χ0n) is 9.32. The van der Waals surface area contributed by atoms with Crippen LogP contribution in [0, 0.1) is 0 Å². The summed E-state index contributed by atoms with van der Waals surface area (Å²) in [4.78, 5) is 1.09. The van der Waals surface area contributed by atoms with E-state index in [0.29, 0.717) is 5.69 Å². The molecule has 7 heteroatoms. The van der Waals surface area contributed by atoms with Gasteiger partial charge in [-0.25, -0.2) is 8.42 Å². The largest absolute Gasteiger partial charge is 0.405 e. The Balaban J connectivity index is 2.88. The maximum atomic E-state index is 12.1. The van der Waals surface area contributed by atoms with Gasteiger partial charge < -0.3 is 4.90 Å². The molecule has 0 spiro atoms. The quantitative estimate of drug-likeness (QED) is 0.841. The van der Waals surface area contributed by atoms with E-state index < -0.39 is 22.6 Å². The Morgan fingerprint density at radius 2 is 1.65 bits per heavy atom. The van der Waals surface area contributed by atoms with Crippen molar-refractivity contribution in [2.75, 3.05) is 24.7 Å². The second kappa shape index (κ2) is 4.56. The van der Waals surface area contributed by atoms with Crippen molar-refractivity contribution in [3.63, 3.8) is 0 Å². The molecule has 3 nitrogen and oxygen atoms in total. The van der Waals surface area contributed by atoms with Gasteiger partial charge in [0, 0.05) is 19.0 Å². The summed E-state index contributed by atoms with van der Waals surface area (Å²) in [7, 11) is -2.03. The van der Waals surface area contributed by atoms with Gasteiger partial charge in [-0.1, -0.05) is 0 Å². The second-order valence-electron chi connectivity index (χ2n) is 3.74. The van der Waals surface area contributed by atoms with E-state index in [1.54, 1.807) is 0 Å². The van der Waals surface area contributed by atoms with E-state index in [-0.39, 0.29) is 4.90 Å². The minimum atomic E-state index is -4.29. The normalized spacial score (nSPS) is 12.5. The molecule has 0 aliphatic carbocycles. The Labute approximate surface area is 97.8 Å². The summed E-state index contributed by atoms with van der Waals surface area (Å²) >= 11 is 0. The highest BCUT2D eigenvalue weighted by atomic mass is 32.2. The van der Waals surface area contributed by atoms with Gasteiger partial charge in [-0.3, -0.25) is 0 Å². The maximum Gasteiger partial charge on any atom is 0.405 e. The Morgan fingerprint density at radius 3 is 2.00 bits per heavy atom. The number of anilines is 1. The molecule has 0 saturated carbocycles. The number of hydrogen-bond donors (Lipinski definition) is 0. The van der Waals surface area contributed by atoms with Crippen LogP contribution < -0.4 is 4.90 Å². The minimum absolute atomic E-state index is 0.0849. The zero-order chi connectivity index (χ0) is 13.3. The Kier molecular flexibility index (Phi) is 3.71. The highest BCUT2D eigenvalue weighted by molar-refractivity contribution is 7.90. The first kappa shape index (κ1) is 13.8. The molecule has 0 heterocycles. The van der Waals surface area contributed by atoms with Gasteiger partial charge in [-0.2, -0.15) is 13.2 Å². The van der Waals surface area contributed by atoms with E-state index in [2.05, 4.69) is 0 Å². The number of benzene rings is 1. The highest BCUT2D eigenvalue weighted by Gasteiger charge is 2.29. The molecular weight excluding hydrogens is 255 g/mol. The van der Waals surface area contributed by atoms with Crippen molar-refractivity contribution in [2.24, 2.45) is 0 Å². The molecule has 0 N–H and O–H groups in total. The van der Waals surface area contributed by atoms with Gasteiger partial charge in [-0.15, -0.1) is 0 Å². The SMILES string of the molecule is CN(CC(F)(F)F)c1ccc(S(C)(=O)=O)cc1. The standard InChI is InChI=1S/C10H12F3NO2S/c1-14(7-10(11,12)13)8-3-5-9(6-4-8)17(2,15)16/h3-6H,7H2,1-2H3. The van der Waals surface area contributed by atoms with Crippen LogP contribution in [0.2, 0.25) is 0 Å². The van der Waals surface area contributed by atoms with Gasteiger partial charge in [0.1, 0.15) is 6.54 Å². The average Bonchev–Trinajstić information content (AvgIpc) is 2.14. The fourth-order valence-electron chi connectivity index (χ4n) is 1.31. The van der Waals surface area contributed by atoms with Crippen LogP contribution in [-0.2, 0) is 9.84 Å². The lowest BCUT2D eigenvalue weighted by Gasteiger charge is -2.20. The summed E-state index contributed by atoms with van der Waals surface area (Å²) < 4.78 is 58.7. The van der Waals surface area contributed by atoms with E-state index in [9.17, 15) is 21.6 Å². The molecule has 17 heavy (non-hydrogen) atoms. The molecule has 1 aromatic rings. The minimum Gasteiger partial charge on any atom is -0.366 e. The summed E-state index contributed by atoms with van der Waals surface area (Å²) in [6.45, 7) is -1.08. The summed E-state index contributed by atoms with van der Waals surface area (Å²) in [6, 6.07) is 5.28. The first-order chi connectivity index (χ1) is 7.59. The molecule has 0 fully saturated rings. The van der Waals surface area contributed by atoms with E-state index in [1.165, 1.54) is 31.3 Å². The van der Waals surface area contributed by atoms with Crippen LogP contribution in [0.4, 0.5) is 18.9 Å². The molecule has 0 unspecified atom stereocenters. The summed E-state index contributed by atoms with van der Waals surface area (Å²) in [5, 5.41) is 0. The van der Waals surface area contributed by atoms with E-state index in [4.69, 9.17) is 0 Å². The van der Waals surface area contributed by atoms with Gasteiger partial charge in [0.25, 0.3) is 0 Å². The molecule has 96 valence electrons. The summed E-state index contributed by atoms with van der Waals surface area (Å²) in [5.74, 6) is 0. The molecule has 0 amide bonds. The Bertz CT molecular complexity index is 479. The third-order valence-corrected chi connectivity index (χ3v) is 3.25. The molecule has 1 aromatic carbocycles. The molecule has 0 aliphatic rings. The smallest absolute Gasteiger partial charge is 0.366 e. The number of alkyl halides is 3. The molecular formula is C10H12F3NO2S. The molecule has 0 atom stereocenters. The third-order valence-electron chi connectivity index (χ3n) is 2.12. The van der Waals surface area contributed by atoms with Crippen molar-refractivity contribution in [1.29, 1.82) is 0 Å². The molecule has 0 bridgehead atoms.